The van der Waals surface area contributed by atoms with Gasteiger partial charge in [-0.25, -0.2) is 17.9 Å². The number of rotatable bonds is 3. The molecule has 0 bridgehead atoms. The second-order valence-corrected chi connectivity index (χ2v) is 7.67. The molecule has 0 unspecified atom stereocenters. The van der Waals surface area contributed by atoms with Crippen LogP contribution in [0.25, 0.3) is 0 Å². The van der Waals surface area contributed by atoms with Crippen LogP contribution in [-0.2, 0) is 20.2 Å². The van der Waals surface area contributed by atoms with Gasteiger partial charge in [-0.05, 0) is 6.07 Å². The molecule has 2 rings (SSSR count). The van der Waals surface area contributed by atoms with Crippen LogP contribution >= 0.6 is 0 Å². The van der Waals surface area contributed by atoms with Gasteiger partial charge in [0.1, 0.15) is 10.7 Å². The summed E-state index contributed by atoms with van der Waals surface area (Å²) in [5, 5.41) is 4.97. The van der Waals surface area contributed by atoms with Gasteiger partial charge in [0.25, 0.3) is 10.2 Å². The summed E-state index contributed by atoms with van der Waals surface area (Å²) in [4.78, 5) is 3.23. The van der Waals surface area contributed by atoms with E-state index < -0.39 is 26.0 Å². The molecular formula is C9H13FN4O4S2. The summed E-state index contributed by atoms with van der Waals surface area (Å²) < 4.78 is 61.8. The molecule has 1 aromatic heterocycles. The van der Waals surface area contributed by atoms with E-state index in [1.165, 1.54) is 0 Å². The first-order valence-corrected chi connectivity index (χ1v) is 8.54. The number of nitrogens with two attached hydrogens (primary N) is 1. The van der Waals surface area contributed by atoms with Crippen LogP contribution < -0.4 is 5.14 Å². The Labute approximate surface area is 116 Å². The highest BCUT2D eigenvalue weighted by molar-refractivity contribution is 7.89. The zero-order chi connectivity index (χ0) is 15.0. The minimum absolute atomic E-state index is 0.0409. The first kappa shape index (κ1) is 15.3. The zero-order valence-electron chi connectivity index (χ0n) is 10.3. The molecule has 1 aliphatic rings. The average molecular weight is 324 g/mol. The van der Waals surface area contributed by atoms with Gasteiger partial charge in [0.05, 0.1) is 6.20 Å². The molecule has 1 fully saturated rings. The van der Waals surface area contributed by atoms with Crippen molar-refractivity contribution in [1.29, 1.82) is 0 Å². The summed E-state index contributed by atoms with van der Waals surface area (Å²) in [6.07, 6.45) is 1.95. The Hall–Kier alpha value is -1.14. The van der Waals surface area contributed by atoms with Crippen molar-refractivity contribution in [2.75, 3.05) is 26.2 Å². The van der Waals surface area contributed by atoms with Crippen molar-refractivity contribution in [3.05, 3.63) is 24.3 Å². The zero-order valence-corrected chi connectivity index (χ0v) is 11.9. The molecular weight excluding hydrogens is 311 g/mol. The predicted molar refractivity (Wildman–Crippen MR) is 67.6 cm³/mol. The fourth-order valence-electron chi connectivity index (χ4n) is 1.85. The Morgan fingerprint density at radius 1 is 1.05 bits per heavy atom. The molecule has 0 saturated carbocycles. The molecule has 1 saturated heterocycles. The van der Waals surface area contributed by atoms with Crippen LogP contribution in [0.5, 0.6) is 0 Å². The van der Waals surface area contributed by atoms with Crippen molar-refractivity contribution in [2.24, 2.45) is 5.14 Å². The minimum Gasteiger partial charge on any atom is -0.260 e. The van der Waals surface area contributed by atoms with E-state index in [1.807, 2.05) is 0 Å². The van der Waals surface area contributed by atoms with Gasteiger partial charge in [-0.1, -0.05) is 0 Å². The van der Waals surface area contributed by atoms with Gasteiger partial charge < -0.3 is 0 Å². The van der Waals surface area contributed by atoms with Gasteiger partial charge in [0, 0.05) is 32.4 Å². The minimum atomic E-state index is -3.88. The molecule has 0 radical (unpaired) electrons. The van der Waals surface area contributed by atoms with E-state index >= 15 is 0 Å². The highest BCUT2D eigenvalue weighted by Gasteiger charge is 2.31. The molecule has 1 aromatic rings. The summed E-state index contributed by atoms with van der Waals surface area (Å²) in [6.45, 7) is -0.174. The van der Waals surface area contributed by atoms with E-state index in [0.29, 0.717) is 0 Å². The molecule has 2 heterocycles. The summed E-state index contributed by atoms with van der Waals surface area (Å²) in [7, 11) is -7.71. The molecule has 1 aliphatic heterocycles. The van der Waals surface area contributed by atoms with E-state index in [2.05, 4.69) is 4.98 Å². The van der Waals surface area contributed by atoms with Crippen LogP contribution in [0.3, 0.4) is 0 Å². The SMILES string of the molecule is NS(=O)(=O)N1CCN(S(=O)(=O)c2cncc(F)c2)CC1. The smallest absolute Gasteiger partial charge is 0.260 e. The number of piperazine rings is 1. The van der Waals surface area contributed by atoms with Crippen LogP contribution in [0.4, 0.5) is 4.39 Å². The Morgan fingerprint density at radius 2 is 1.60 bits per heavy atom. The fourth-order valence-corrected chi connectivity index (χ4v) is 3.92. The first-order chi connectivity index (χ1) is 9.21. The lowest BCUT2D eigenvalue weighted by Gasteiger charge is -2.31. The largest absolute Gasteiger partial charge is 0.276 e. The standard InChI is InChI=1S/C9H13FN4O4S2/c10-8-5-9(7-12-6-8)19(15,16)13-1-3-14(4-2-13)20(11,17)18/h5-7H,1-4H2,(H2,11,17,18). The van der Waals surface area contributed by atoms with Crippen molar-refractivity contribution in [3.8, 4) is 0 Å². The quantitative estimate of drug-likeness (QED) is 0.745. The van der Waals surface area contributed by atoms with Gasteiger partial charge >= 0.3 is 0 Å². The van der Waals surface area contributed by atoms with Crippen molar-refractivity contribution in [1.82, 2.24) is 13.6 Å². The third-order valence-electron chi connectivity index (χ3n) is 2.88. The third-order valence-corrected chi connectivity index (χ3v) is 5.82. The summed E-state index contributed by atoms with van der Waals surface area (Å²) in [5.41, 5.74) is 0. The number of hydrogen-bond acceptors (Lipinski definition) is 5. The van der Waals surface area contributed by atoms with E-state index in [4.69, 9.17) is 5.14 Å². The summed E-state index contributed by atoms with van der Waals surface area (Å²) >= 11 is 0. The maximum atomic E-state index is 13.0. The number of pyridine rings is 1. The Morgan fingerprint density at radius 3 is 2.10 bits per heavy atom. The summed E-state index contributed by atoms with van der Waals surface area (Å²) in [5.74, 6) is -0.755. The molecule has 20 heavy (non-hydrogen) atoms. The molecule has 11 heteroatoms. The Balaban J connectivity index is 2.18. The van der Waals surface area contributed by atoms with Gasteiger partial charge in [0.15, 0.2) is 0 Å². The second-order valence-electron chi connectivity index (χ2n) is 4.19. The van der Waals surface area contributed by atoms with E-state index in [9.17, 15) is 21.2 Å². The van der Waals surface area contributed by atoms with Gasteiger partial charge in [-0.15, -0.1) is 0 Å². The second kappa shape index (κ2) is 5.33. The highest BCUT2D eigenvalue weighted by Crippen LogP contribution is 2.17. The van der Waals surface area contributed by atoms with Gasteiger partial charge in [-0.3, -0.25) is 4.98 Å². The number of aromatic nitrogens is 1. The highest BCUT2D eigenvalue weighted by atomic mass is 32.2. The van der Waals surface area contributed by atoms with Crippen molar-refractivity contribution >= 4 is 20.2 Å². The molecule has 0 atom stereocenters. The molecule has 8 nitrogen and oxygen atoms in total. The third kappa shape index (κ3) is 3.12. The lowest BCUT2D eigenvalue weighted by Crippen LogP contribution is -2.52. The van der Waals surface area contributed by atoms with Gasteiger partial charge in [-0.2, -0.15) is 17.0 Å². The monoisotopic (exact) mass is 324 g/mol. The number of nitrogens with zero attached hydrogens (tertiary/aromatic N) is 3. The molecule has 2 N–H and O–H groups in total. The van der Waals surface area contributed by atoms with Crippen molar-refractivity contribution in [2.45, 2.75) is 4.90 Å². The Bertz CT molecular complexity index is 698. The van der Waals surface area contributed by atoms with E-state index in [0.717, 1.165) is 27.1 Å². The van der Waals surface area contributed by atoms with E-state index in [1.54, 1.807) is 0 Å². The maximum Gasteiger partial charge on any atom is 0.276 e. The predicted octanol–water partition coefficient (Wildman–Crippen LogP) is -1.27. The molecule has 0 amide bonds. The Kier molecular flexibility index (Phi) is 4.07. The molecule has 0 spiro atoms. The molecule has 0 aromatic carbocycles. The maximum absolute atomic E-state index is 13.0. The molecule has 112 valence electrons. The molecule has 0 aliphatic carbocycles. The van der Waals surface area contributed by atoms with Crippen LogP contribution in [0.15, 0.2) is 23.4 Å². The topological polar surface area (TPSA) is 114 Å². The first-order valence-electron chi connectivity index (χ1n) is 5.60. The number of halogens is 1. The van der Waals surface area contributed by atoms with Crippen molar-refractivity contribution < 1.29 is 21.2 Å². The van der Waals surface area contributed by atoms with Crippen LogP contribution in [-0.4, -0.2) is 56.6 Å². The number of hydrogen-bond donors (Lipinski definition) is 1. The van der Waals surface area contributed by atoms with Crippen LogP contribution in [0.2, 0.25) is 0 Å². The lowest BCUT2D eigenvalue weighted by molar-refractivity contribution is 0.273. The van der Waals surface area contributed by atoms with Gasteiger partial charge in [0.2, 0.25) is 10.0 Å². The normalized spacial score (nSPS) is 19.1. The fraction of sp³-hybridized carbons (Fsp3) is 0.444. The van der Waals surface area contributed by atoms with Crippen molar-refractivity contribution in [3.63, 3.8) is 0 Å². The van der Waals surface area contributed by atoms with E-state index in [-0.39, 0.29) is 31.1 Å². The van der Waals surface area contributed by atoms with Crippen LogP contribution in [0.1, 0.15) is 0 Å². The summed E-state index contributed by atoms with van der Waals surface area (Å²) in [6, 6.07) is 0.869. The number of sulfonamides is 1. The van der Waals surface area contributed by atoms with Crippen LogP contribution in [0, 0.1) is 5.82 Å². The average Bonchev–Trinajstić information content (AvgIpc) is 2.38. The lowest BCUT2D eigenvalue weighted by atomic mass is 10.4.